The Balaban J connectivity index is 1.26. The summed E-state index contributed by atoms with van der Waals surface area (Å²) >= 11 is 0. The van der Waals surface area contributed by atoms with Gasteiger partial charge in [-0.05, 0) is 48.5 Å². The minimum atomic E-state index is -1.09. The maximum absolute atomic E-state index is 11.4. The van der Waals surface area contributed by atoms with E-state index in [1.54, 1.807) is 0 Å². The van der Waals surface area contributed by atoms with Crippen LogP contribution in [0.1, 0.15) is 0 Å². The second-order valence-electron chi connectivity index (χ2n) is 15.2. The smallest absolute Gasteiger partial charge is 0.238 e. The summed E-state index contributed by atoms with van der Waals surface area (Å²) in [7, 11) is 0. The summed E-state index contributed by atoms with van der Waals surface area (Å²) in [4.78, 5) is 15.2. The van der Waals surface area contributed by atoms with E-state index in [0.717, 1.165) is 76.8 Å². The zero-order valence-electron chi connectivity index (χ0n) is 32.5. The van der Waals surface area contributed by atoms with Crippen molar-refractivity contribution in [3.8, 4) is 68.8 Å². The molecule has 5 N–H and O–H groups in total. The van der Waals surface area contributed by atoms with Crippen LogP contribution in [0.5, 0.6) is 28.7 Å². The third-order valence-electron chi connectivity index (χ3n) is 11.9. The van der Waals surface area contributed by atoms with Gasteiger partial charge in [0.2, 0.25) is 23.2 Å². The number of phenolic OH excluding ortho intramolecular Hbond substituents is 5. The third kappa shape index (κ3) is 4.84. The number of nitrogens with zero attached hydrogens (tertiary/aromatic N) is 6. The van der Waals surface area contributed by atoms with Crippen LogP contribution < -0.4 is 0 Å². The van der Waals surface area contributed by atoms with Crippen molar-refractivity contribution in [2.24, 2.45) is 0 Å². The topological polar surface area (TPSA) is 155 Å². The fourth-order valence-electron chi connectivity index (χ4n) is 9.21. The molecule has 0 saturated heterocycles. The van der Waals surface area contributed by atoms with Crippen LogP contribution in [0, 0.1) is 0 Å². The number of aromatic nitrogens is 6. The number of rotatable bonds is 5. The van der Waals surface area contributed by atoms with E-state index in [1.807, 2.05) is 126 Å². The number of para-hydroxylation sites is 5. The van der Waals surface area contributed by atoms with Crippen molar-refractivity contribution in [1.29, 1.82) is 0 Å². The van der Waals surface area contributed by atoms with Crippen LogP contribution in [0.3, 0.4) is 0 Å². The quantitative estimate of drug-likeness (QED) is 0.0850. The zero-order valence-corrected chi connectivity index (χ0v) is 32.5. The van der Waals surface area contributed by atoms with Gasteiger partial charge in [0.05, 0.1) is 33.1 Å². The van der Waals surface area contributed by atoms with Crippen molar-refractivity contribution in [2.45, 2.75) is 0 Å². The minimum absolute atomic E-state index is 0.128. The van der Waals surface area contributed by atoms with Crippen molar-refractivity contribution >= 4 is 65.4 Å². The molecule has 0 atom stereocenters. The van der Waals surface area contributed by atoms with Crippen molar-refractivity contribution in [2.75, 3.05) is 0 Å². The molecular formula is C51H32N6O5. The van der Waals surface area contributed by atoms with Crippen LogP contribution in [-0.4, -0.2) is 54.2 Å². The van der Waals surface area contributed by atoms with Gasteiger partial charge in [0.25, 0.3) is 0 Å². The van der Waals surface area contributed by atoms with Crippen LogP contribution in [0.15, 0.2) is 164 Å². The molecule has 62 heavy (non-hydrogen) atoms. The lowest BCUT2D eigenvalue weighted by atomic mass is 10.1. The summed E-state index contributed by atoms with van der Waals surface area (Å²) in [6, 6.07) is 54.6. The Kier molecular flexibility index (Phi) is 7.42. The molecule has 0 unspecified atom stereocenters. The number of hydrogen-bond acceptors (Lipinski definition) is 8. The number of benzene rings is 8. The predicted molar refractivity (Wildman–Crippen MR) is 242 cm³/mol. The number of phenols is 5. The Hall–Kier alpha value is -8.83. The lowest BCUT2D eigenvalue weighted by Gasteiger charge is -2.15. The summed E-state index contributed by atoms with van der Waals surface area (Å²) in [5.74, 6) is -4.98. The SMILES string of the molecule is Oc1c(O)c(O)c(-c2nc(-c3cccc4c3c3ccccc3n4-c3ccccc3)nc(-n3c4ccccc4c4ccc5c6ccccc6n(-c6ccccc6)c5c43)n2)c(O)c1O. The lowest BCUT2D eigenvalue weighted by molar-refractivity contribution is 0.329. The fraction of sp³-hybridized carbons (Fsp3) is 0. The Morgan fingerprint density at radius 1 is 0.323 bits per heavy atom. The van der Waals surface area contributed by atoms with Gasteiger partial charge in [-0.3, -0.25) is 4.57 Å². The monoisotopic (exact) mass is 808 g/mol. The standard InChI is InChI=1S/C51H32N6O5/c58-44-41(45(59)47(61)48(62)46(44)60)50-52-49(35-21-13-25-39-40(35)34-20-9-12-24-38(34)55(39)28-14-3-1-4-15-28)53-51(54-50)57-37-23-11-8-19-31(37)33-27-26-32-30-18-7-10-22-36(30)56(42(32)43(33)57)29-16-5-2-6-17-29/h1-27,58-62H. The Labute approximate surface area is 351 Å². The molecule has 12 aromatic rings. The average molecular weight is 809 g/mol. The zero-order chi connectivity index (χ0) is 41.8. The van der Waals surface area contributed by atoms with E-state index in [4.69, 9.17) is 15.0 Å². The second-order valence-corrected chi connectivity index (χ2v) is 15.2. The molecule has 4 heterocycles. The van der Waals surface area contributed by atoms with Gasteiger partial charge in [-0.1, -0.05) is 115 Å². The number of hydrogen-bond donors (Lipinski definition) is 5. The molecule has 0 radical (unpaired) electrons. The summed E-state index contributed by atoms with van der Waals surface area (Å²) in [6.45, 7) is 0. The largest absolute Gasteiger partial charge is 0.504 e. The Morgan fingerprint density at radius 3 is 1.39 bits per heavy atom. The molecule has 0 aliphatic heterocycles. The molecule has 8 aromatic carbocycles. The second kappa shape index (κ2) is 13.1. The van der Waals surface area contributed by atoms with Crippen molar-refractivity contribution in [3.63, 3.8) is 0 Å². The maximum atomic E-state index is 11.4. The first kappa shape index (κ1) is 35.1. The molecule has 0 amide bonds. The molecule has 11 nitrogen and oxygen atoms in total. The van der Waals surface area contributed by atoms with E-state index in [-0.39, 0.29) is 17.6 Å². The summed E-state index contributed by atoms with van der Waals surface area (Å²) < 4.78 is 6.37. The molecule has 12 rings (SSSR count). The first-order valence-electron chi connectivity index (χ1n) is 19.9. The lowest BCUT2D eigenvalue weighted by Crippen LogP contribution is -2.07. The molecule has 0 fully saturated rings. The van der Waals surface area contributed by atoms with E-state index >= 15 is 0 Å². The van der Waals surface area contributed by atoms with E-state index in [0.29, 0.717) is 5.56 Å². The average Bonchev–Trinajstić information content (AvgIpc) is 3.97. The van der Waals surface area contributed by atoms with Gasteiger partial charge in [0.1, 0.15) is 5.56 Å². The van der Waals surface area contributed by atoms with Crippen molar-refractivity contribution < 1.29 is 25.5 Å². The van der Waals surface area contributed by atoms with E-state index in [9.17, 15) is 25.5 Å². The highest BCUT2D eigenvalue weighted by molar-refractivity contribution is 6.24. The predicted octanol–water partition coefficient (Wildman–Crippen LogP) is 11.0. The minimum Gasteiger partial charge on any atom is -0.504 e. The van der Waals surface area contributed by atoms with Crippen LogP contribution in [-0.2, 0) is 0 Å². The van der Waals surface area contributed by atoms with Gasteiger partial charge in [0.15, 0.2) is 23.1 Å². The van der Waals surface area contributed by atoms with Gasteiger partial charge >= 0.3 is 0 Å². The van der Waals surface area contributed by atoms with Crippen LogP contribution >= 0.6 is 0 Å². The van der Waals surface area contributed by atoms with Gasteiger partial charge < -0.3 is 34.7 Å². The maximum Gasteiger partial charge on any atom is 0.238 e. The molecule has 296 valence electrons. The molecule has 4 aromatic heterocycles. The van der Waals surface area contributed by atoms with Gasteiger partial charge in [-0.25, -0.2) is 4.98 Å². The van der Waals surface area contributed by atoms with Gasteiger partial charge in [-0.2, -0.15) is 9.97 Å². The first-order chi connectivity index (χ1) is 30.4. The first-order valence-corrected chi connectivity index (χ1v) is 19.9. The molecule has 11 heteroatoms. The Bertz CT molecular complexity index is 3790. The normalized spacial score (nSPS) is 11.9. The molecular weight excluding hydrogens is 777 g/mol. The molecule has 0 spiro atoms. The molecule has 0 aliphatic carbocycles. The van der Waals surface area contributed by atoms with Crippen molar-refractivity contribution in [3.05, 3.63) is 164 Å². The molecule has 0 bridgehead atoms. The Morgan fingerprint density at radius 2 is 0.774 bits per heavy atom. The summed E-state index contributed by atoms with van der Waals surface area (Å²) in [5, 5.41) is 60.5. The van der Waals surface area contributed by atoms with Crippen molar-refractivity contribution in [1.82, 2.24) is 28.7 Å². The van der Waals surface area contributed by atoms with Crippen LogP contribution in [0.25, 0.3) is 106 Å². The van der Waals surface area contributed by atoms with E-state index in [1.165, 1.54) is 0 Å². The van der Waals surface area contributed by atoms with E-state index in [2.05, 4.69) is 51.6 Å². The summed E-state index contributed by atoms with van der Waals surface area (Å²) in [6.07, 6.45) is 0. The van der Waals surface area contributed by atoms with Crippen LogP contribution in [0.2, 0.25) is 0 Å². The number of aromatic hydroxyl groups is 5. The summed E-state index contributed by atoms with van der Waals surface area (Å²) in [5.41, 5.74) is 7.33. The highest BCUT2D eigenvalue weighted by atomic mass is 16.4. The molecule has 0 saturated carbocycles. The van der Waals surface area contributed by atoms with Gasteiger partial charge in [0, 0.05) is 49.3 Å². The van der Waals surface area contributed by atoms with Gasteiger partial charge in [-0.15, -0.1) is 0 Å². The fourth-order valence-corrected chi connectivity index (χ4v) is 9.21. The molecule has 0 aliphatic rings. The van der Waals surface area contributed by atoms with Crippen LogP contribution in [0.4, 0.5) is 0 Å². The third-order valence-corrected chi connectivity index (χ3v) is 11.9. The number of fused-ring (bicyclic) bond motifs is 10. The van der Waals surface area contributed by atoms with E-state index < -0.39 is 34.3 Å². The highest BCUT2D eigenvalue weighted by Crippen LogP contribution is 2.54. The highest BCUT2D eigenvalue weighted by Gasteiger charge is 2.29.